The zero-order valence-corrected chi connectivity index (χ0v) is 14.3. The zero-order valence-electron chi connectivity index (χ0n) is 14.3. The monoisotopic (exact) mass is 349 g/mol. The van der Waals surface area contributed by atoms with Crippen LogP contribution in [0.2, 0.25) is 0 Å². The van der Waals surface area contributed by atoms with Crippen molar-refractivity contribution in [2.75, 3.05) is 7.05 Å². The van der Waals surface area contributed by atoms with E-state index in [1.807, 2.05) is 42.5 Å². The average molecular weight is 349 g/mol. The van der Waals surface area contributed by atoms with Gasteiger partial charge in [0.2, 0.25) is 5.91 Å². The van der Waals surface area contributed by atoms with Gasteiger partial charge in [-0.15, -0.1) is 0 Å². The van der Waals surface area contributed by atoms with Crippen LogP contribution >= 0.6 is 0 Å². The molecular weight excluding hydrogens is 330 g/mol. The van der Waals surface area contributed by atoms with Gasteiger partial charge in [0, 0.05) is 31.8 Å². The third-order valence-corrected chi connectivity index (χ3v) is 4.22. The van der Waals surface area contributed by atoms with Crippen LogP contribution in [0.3, 0.4) is 0 Å². The Balaban J connectivity index is 1.85. The summed E-state index contributed by atoms with van der Waals surface area (Å²) in [5.41, 5.74) is 4.09. The molecule has 2 heterocycles. The molecule has 0 bridgehead atoms. The first-order valence-electron chi connectivity index (χ1n) is 8.20. The van der Waals surface area contributed by atoms with Gasteiger partial charge in [-0.3, -0.25) is 14.6 Å². The summed E-state index contributed by atoms with van der Waals surface area (Å²) in [6, 6.07) is 13.0. The van der Waals surface area contributed by atoms with Crippen LogP contribution in [-0.4, -0.2) is 33.6 Å². The molecule has 6 nitrogen and oxygen atoms in total. The molecular formula is C20H19N3O3. The van der Waals surface area contributed by atoms with Gasteiger partial charge in [-0.25, -0.2) is 0 Å². The van der Waals surface area contributed by atoms with Gasteiger partial charge in [-0.05, 0) is 40.5 Å². The minimum atomic E-state index is -1.02. The second-order valence-corrected chi connectivity index (χ2v) is 5.89. The van der Waals surface area contributed by atoms with Crippen LogP contribution in [0.15, 0.2) is 67.3 Å². The highest BCUT2D eigenvalue weighted by Gasteiger charge is 2.22. The first kappa shape index (κ1) is 17.4. The van der Waals surface area contributed by atoms with Crippen molar-refractivity contribution in [2.24, 2.45) is 0 Å². The number of amides is 1. The van der Waals surface area contributed by atoms with E-state index in [2.05, 4.69) is 10.3 Å². The number of carboxylic acid groups (broad SMARTS) is 1. The Bertz CT molecular complexity index is 902. The number of aliphatic carboxylic acids is 1. The third-order valence-electron chi connectivity index (χ3n) is 4.22. The predicted molar refractivity (Wildman–Crippen MR) is 98.5 cm³/mol. The standard InChI is InChI=1S/C20H19N3O3/c1-21-20(26)18(12-19(24)25)23-11-8-17(13-23)15-4-2-14(3-5-15)16-6-9-22-10-7-16/h2-11,13,18H,12H2,1H3,(H,21,26)(H,24,25). The van der Waals surface area contributed by atoms with E-state index in [1.165, 1.54) is 7.05 Å². The number of nitrogens with zero attached hydrogens (tertiary/aromatic N) is 2. The lowest BCUT2D eigenvalue weighted by atomic mass is 10.0. The van der Waals surface area contributed by atoms with Gasteiger partial charge in [0.1, 0.15) is 6.04 Å². The van der Waals surface area contributed by atoms with Crippen LogP contribution in [-0.2, 0) is 9.59 Å². The number of benzene rings is 1. The molecule has 2 aromatic heterocycles. The lowest BCUT2D eigenvalue weighted by Crippen LogP contribution is -2.30. The van der Waals surface area contributed by atoms with Crippen molar-refractivity contribution in [1.82, 2.24) is 14.9 Å². The van der Waals surface area contributed by atoms with E-state index in [0.717, 1.165) is 22.3 Å². The number of nitrogens with one attached hydrogen (secondary N) is 1. The van der Waals surface area contributed by atoms with Gasteiger partial charge < -0.3 is 15.0 Å². The Morgan fingerprint density at radius 3 is 2.15 bits per heavy atom. The van der Waals surface area contributed by atoms with E-state index < -0.39 is 12.0 Å². The Labute approximate surface area is 151 Å². The molecule has 26 heavy (non-hydrogen) atoms. The van der Waals surface area contributed by atoms with E-state index in [0.29, 0.717) is 0 Å². The Morgan fingerprint density at radius 2 is 1.58 bits per heavy atom. The Hall–Kier alpha value is -3.41. The molecule has 0 aliphatic carbocycles. The maximum Gasteiger partial charge on any atom is 0.306 e. The number of carbonyl (C=O) groups excluding carboxylic acids is 1. The highest BCUT2D eigenvalue weighted by atomic mass is 16.4. The molecule has 3 aromatic rings. The zero-order chi connectivity index (χ0) is 18.5. The minimum absolute atomic E-state index is 0.269. The molecule has 1 atom stereocenters. The highest BCUT2D eigenvalue weighted by Crippen LogP contribution is 2.26. The second-order valence-electron chi connectivity index (χ2n) is 5.89. The molecule has 0 spiro atoms. The molecule has 0 aliphatic rings. The summed E-state index contributed by atoms with van der Waals surface area (Å²) < 4.78 is 1.64. The summed E-state index contributed by atoms with van der Waals surface area (Å²) in [7, 11) is 1.50. The van der Waals surface area contributed by atoms with Crippen molar-refractivity contribution in [2.45, 2.75) is 12.5 Å². The fraction of sp³-hybridized carbons (Fsp3) is 0.150. The number of hydrogen-bond donors (Lipinski definition) is 2. The summed E-state index contributed by atoms with van der Waals surface area (Å²) in [5, 5.41) is 11.6. The van der Waals surface area contributed by atoms with Crippen LogP contribution in [0.4, 0.5) is 0 Å². The molecule has 1 amide bonds. The molecule has 0 saturated carbocycles. The third kappa shape index (κ3) is 3.80. The highest BCUT2D eigenvalue weighted by molar-refractivity contribution is 5.84. The summed E-state index contributed by atoms with van der Waals surface area (Å²) in [4.78, 5) is 27.1. The van der Waals surface area contributed by atoms with Crippen molar-refractivity contribution in [3.05, 3.63) is 67.3 Å². The number of rotatable bonds is 6. The maximum absolute atomic E-state index is 12.0. The fourth-order valence-corrected chi connectivity index (χ4v) is 2.84. The minimum Gasteiger partial charge on any atom is -0.481 e. The van der Waals surface area contributed by atoms with E-state index in [1.54, 1.807) is 29.4 Å². The van der Waals surface area contributed by atoms with Crippen molar-refractivity contribution in [3.8, 4) is 22.3 Å². The smallest absolute Gasteiger partial charge is 0.306 e. The van der Waals surface area contributed by atoms with Crippen molar-refractivity contribution in [1.29, 1.82) is 0 Å². The van der Waals surface area contributed by atoms with Gasteiger partial charge >= 0.3 is 5.97 Å². The molecule has 0 aliphatic heterocycles. The molecule has 132 valence electrons. The van der Waals surface area contributed by atoms with Crippen LogP contribution in [0, 0.1) is 0 Å². The number of likely N-dealkylation sites (N-methyl/N-ethyl adjacent to an activating group) is 1. The molecule has 1 unspecified atom stereocenters. The van der Waals surface area contributed by atoms with Crippen LogP contribution in [0.1, 0.15) is 12.5 Å². The van der Waals surface area contributed by atoms with Gasteiger partial charge in [0.15, 0.2) is 0 Å². The first-order chi connectivity index (χ1) is 12.6. The number of hydrogen-bond acceptors (Lipinski definition) is 3. The number of pyridine rings is 1. The molecule has 0 radical (unpaired) electrons. The Morgan fingerprint density at radius 1 is 1.00 bits per heavy atom. The quantitative estimate of drug-likeness (QED) is 0.716. The molecule has 3 rings (SSSR count). The van der Waals surface area contributed by atoms with Crippen LogP contribution in [0.25, 0.3) is 22.3 Å². The number of carbonyl (C=O) groups is 2. The van der Waals surface area contributed by atoms with Crippen LogP contribution < -0.4 is 5.32 Å². The topological polar surface area (TPSA) is 84.2 Å². The predicted octanol–water partition coefficient (Wildman–Crippen LogP) is 2.98. The molecule has 0 saturated heterocycles. The second kappa shape index (κ2) is 7.65. The molecule has 2 N–H and O–H groups in total. The van der Waals surface area contributed by atoms with Gasteiger partial charge in [0.05, 0.1) is 6.42 Å². The molecule has 6 heteroatoms. The van der Waals surface area contributed by atoms with Crippen molar-refractivity contribution in [3.63, 3.8) is 0 Å². The lowest BCUT2D eigenvalue weighted by molar-refractivity contribution is -0.140. The lowest BCUT2D eigenvalue weighted by Gasteiger charge is -2.15. The normalized spacial score (nSPS) is 11.7. The summed E-state index contributed by atoms with van der Waals surface area (Å²) in [6.07, 6.45) is 6.77. The van der Waals surface area contributed by atoms with Gasteiger partial charge in [-0.1, -0.05) is 24.3 Å². The van der Waals surface area contributed by atoms with Crippen molar-refractivity contribution < 1.29 is 14.7 Å². The average Bonchev–Trinajstić information content (AvgIpc) is 3.16. The van der Waals surface area contributed by atoms with E-state index >= 15 is 0 Å². The van der Waals surface area contributed by atoms with Gasteiger partial charge in [-0.2, -0.15) is 0 Å². The molecule has 0 fully saturated rings. The number of aromatic nitrogens is 2. The summed E-state index contributed by atoms with van der Waals surface area (Å²) >= 11 is 0. The van der Waals surface area contributed by atoms with E-state index in [4.69, 9.17) is 5.11 Å². The SMILES string of the molecule is CNC(=O)C(CC(=O)O)n1ccc(-c2ccc(-c3ccncc3)cc2)c1. The van der Waals surface area contributed by atoms with Gasteiger partial charge in [0.25, 0.3) is 0 Å². The maximum atomic E-state index is 12.0. The summed E-state index contributed by atoms with van der Waals surface area (Å²) in [6.45, 7) is 0. The van der Waals surface area contributed by atoms with Crippen molar-refractivity contribution >= 4 is 11.9 Å². The first-order valence-corrected chi connectivity index (χ1v) is 8.20. The Kier molecular flexibility index (Phi) is 5.12. The van der Waals surface area contributed by atoms with E-state index in [9.17, 15) is 9.59 Å². The fourth-order valence-electron chi connectivity index (χ4n) is 2.84. The summed E-state index contributed by atoms with van der Waals surface area (Å²) in [5.74, 6) is -1.35. The van der Waals surface area contributed by atoms with Crippen LogP contribution in [0.5, 0.6) is 0 Å². The van der Waals surface area contributed by atoms with E-state index in [-0.39, 0.29) is 12.3 Å². The number of carboxylic acids is 1. The largest absolute Gasteiger partial charge is 0.481 e. The molecule has 1 aromatic carbocycles.